The highest BCUT2D eigenvalue weighted by atomic mass is 32.1. The van der Waals surface area contributed by atoms with E-state index in [-0.39, 0.29) is 5.91 Å². The summed E-state index contributed by atoms with van der Waals surface area (Å²) in [5, 5.41) is 3.43. The Labute approximate surface area is 137 Å². The third kappa shape index (κ3) is 3.32. The minimum atomic E-state index is -0.0976. The highest BCUT2D eigenvalue weighted by Gasteiger charge is 2.07. The van der Waals surface area contributed by atoms with Gasteiger partial charge in [-0.3, -0.25) is 4.79 Å². The number of nitrogens with one attached hydrogen (secondary N) is 1. The van der Waals surface area contributed by atoms with Crippen LogP contribution in [0.4, 0.5) is 0 Å². The van der Waals surface area contributed by atoms with Crippen molar-refractivity contribution < 1.29 is 4.79 Å². The smallest absolute Gasteiger partial charge is 0.262 e. The van der Waals surface area contributed by atoms with Crippen molar-refractivity contribution in [2.45, 2.75) is 0 Å². The molecule has 0 aliphatic heterocycles. The van der Waals surface area contributed by atoms with Gasteiger partial charge in [0, 0.05) is 16.8 Å². The fourth-order valence-electron chi connectivity index (χ4n) is 1.95. The Morgan fingerprint density at radius 2 is 1.91 bits per heavy atom. The average Bonchev–Trinajstić information content (AvgIpc) is 3.22. The average molecular weight is 326 g/mol. The zero-order valence-electron chi connectivity index (χ0n) is 11.9. The summed E-state index contributed by atoms with van der Waals surface area (Å²) in [6.45, 7) is 0. The molecule has 0 atom stereocenters. The van der Waals surface area contributed by atoms with Crippen molar-refractivity contribution in [2.75, 3.05) is 7.05 Å². The first kappa shape index (κ1) is 14.7. The maximum Gasteiger partial charge on any atom is 0.262 e. The van der Waals surface area contributed by atoms with Gasteiger partial charge in [-0.2, -0.15) is 0 Å². The second kappa shape index (κ2) is 6.68. The topological polar surface area (TPSA) is 42.0 Å². The molecule has 1 aromatic carbocycles. The number of carbonyl (C=O) groups is 1. The van der Waals surface area contributed by atoms with Crippen molar-refractivity contribution in [3.8, 4) is 10.4 Å². The van der Waals surface area contributed by atoms with Gasteiger partial charge in [0.15, 0.2) is 0 Å². The van der Waals surface area contributed by atoms with Crippen molar-refractivity contribution in [2.24, 2.45) is 0 Å². The maximum absolute atomic E-state index is 11.5. The lowest BCUT2D eigenvalue weighted by atomic mass is 10.2. The lowest BCUT2D eigenvalue weighted by Gasteiger charge is -1.94. The molecule has 0 radical (unpaired) electrons. The molecule has 3 rings (SSSR count). The van der Waals surface area contributed by atoms with E-state index in [2.05, 4.69) is 34.6 Å². The van der Waals surface area contributed by atoms with Crippen LogP contribution in [0.1, 0.15) is 19.6 Å². The number of thiazole rings is 1. The van der Waals surface area contributed by atoms with Crippen LogP contribution < -0.4 is 5.32 Å². The van der Waals surface area contributed by atoms with E-state index in [1.165, 1.54) is 21.8 Å². The molecule has 0 aliphatic carbocycles. The van der Waals surface area contributed by atoms with Gasteiger partial charge in [-0.05, 0) is 29.8 Å². The molecule has 2 heterocycles. The highest BCUT2D eigenvalue weighted by molar-refractivity contribution is 7.16. The first-order valence-electron chi connectivity index (χ1n) is 6.77. The fraction of sp³-hybridized carbons (Fsp3) is 0.0588. The van der Waals surface area contributed by atoms with E-state index in [4.69, 9.17) is 0 Å². The predicted octanol–water partition coefficient (Wildman–Crippen LogP) is 4.40. The molecule has 2 aromatic heterocycles. The van der Waals surface area contributed by atoms with Crippen LogP contribution in [0.15, 0.2) is 48.7 Å². The first-order chi connectivity index (χ1) is 10.8. The Bertz CT molecular complexity index is 803. The largest absolute Gasteiger partial charge is 0.354 e. The van der Waals surface area contributed by atoms with E-state index >= 15 is 0 Å². The molecule has 5 heteroatoms. The summed E-state index contributed by atoms with van der Waals surface area (Å²) in [5.41, 5.74) is 1.23. The number of hydrogen-bond donors (Lipinski definition) is 1. The van der Waals surface area contributed by atoms with Crippen molar-refractivity contribution in [3.05, 3.63) is 63.4 Å². The second-order valence-electron chi connectivity index (χ2n) is 4.54. The maximum atomic E-state index is 11.5. The van der Waals surface area contributed by atoms with Crippen LogP contribution in [0.5, 0.6) is 0 Å². The Hall–Kier alpha value is -2.24. The van der Waals surface area contributed by atoms with Crippen LogP contribution in [0, 0.1) is 0 Å². The number of carbonyl (C=O) groups excluding carboxylic acids is 1. The quantitative estimate of drug-likeness (QED) is 0.772. The zero-order valence-corrected chi connectivity index (χ0v) is 13.6. The highest BCUT2D eigenvalue weighted by Crippen LogP contribution is 2.29. The molecule has 0 saturated carbocycles. The number of amides is 1. The Balaban J connectivity index is 1.75. The van der Waals surface area contributed by atoms with Crippen LogP contribution in [0.25, 0.3) is 22.6 Å². The molecule has 0 saturated heterocycles. The van der Waals surface area contributed by atoms with Gasteiger partial charge in [-0.25, -0.2) is 4.98 Å². The summed E-state index contributed by atoms with van der Waals surface area (Å²) in [7, 11) is 1.62. The van der Waals surface area contributed by atoms with E-state index in [1.807, 2.05) is 30.4 Å². The molecule has 0 aliphatic rings. The van der Waals surface area contributed by atoms with E-state index in [0.29, 0.717) is 4.88 Å². The van der Waals surface area contributed by atoms with E-state index in [0.717, 1.165) is 9.88 Å². The van der Waals surface area contributed by atoms with Crippen molar-refractivity contribution in [1.29, 1.82) is 0 Å². The molecule has 0 spiro atoms. The number of thiophene rings is 1. The molecule has 1 N–H and O–H groups in total. The lowest BCUT2D eigenvalue weighted by Crippen LogP contribution is -2.16. The van der Waals surface area contributed by atoms with Gasteiger partial charge in [0.1, 0.15) is 9.88 Å². The molecule has 0 unspecified atom stereocenters. The molecule has 110 valence electrons. The Morgan fingerprint density at radius 3 is 2.68 bits per heavy atom. The molecule has 0 fully saturated rings. The third-order valence-corrected chi connectivity index (χ3v) is 5.11. The first-order valence-corrected chi connectivity index (χ1v) is 8.41. The minimum Gasteiger partial charge on any atom is -0.354 e. The van der Waals surface area contributed by atoms with Crippen LogP contribution >= 0.6 is 22.7 Å². The Morgan fingerprint density at radius 1 is 1.09 bits per heavy atom. The van der Waals surface area contributed by atoms with Gasteiger partial charge in [0.2, 0.25) is 0 Å². The van der Waals surface area contributed by atoms with Crippen molar-refractivity contribution >= 4 is 40.7 Å². The van der Waals surface area contributed by atoms with Gasteiger partial charge < -0.3 is 5.32 Å². The van der Waals surface area contributed by atoms with Crippen LogP contribution in [0.2, 0.25) is 0 Å². The molecule has 3 aromatic rings. The fourth-order valence-corrected chi connectivity index (χ4v) is 3.63. The predicted molar refractivity (Wildman–Crippen MR) is 94.2 cm³/mol. The van der Waals surface area contributed by atoms with Crippen molar-refractivity contribution in [3.63, 3.8) is 0 Å². The normalized spacial score (nSPS) is 11.0. The molecule has 1 amide bonds. The summed E-state index contributed by atoms with van der Waals surface area (Å²) in [6, 6.07) is 14.5. The molecular formula is C17H14N2OS2. The summed E-state index contributed by atoms with van der Waals surface area (Å²) in [5.74, 6) is -0.0976. The second-order valence-corrected chi connectivity index (χ2v) is 6.72. The molecular weight excluding hydrogens is 312 g/mol. The number of aromatic nitrogens is 1. The SMILES string of the molecule is CNC(=O)c1cnc(/C=C/c2ccc(-c3ccccc3)s2)s1. The van der Waals surface area contributed by atoms with Crippen LogP contribution in [-0.2, 0) is 0 Å². The summed E-state index contributed by atoms with van der Waals surface area (Å²) < 4.78 is 0. The van der Waals surface area contributed by atoms with Crippen molar-refractivity contribution in [1.82, 2.24) is 10.3 Å². The number of hydrogen-bond acceptors (Lipinski definition) is 4. The van der Waals surface area contributed by atoms with Gasteiger partial charge in [0.05, 0.1) is 6.20 Å². The van der Waals surface area contributed by atoms with Crippen LogP contribution in [0.3, 0.4) is 0 Å². The lowest BCUT2D eigenvalue weighted by molar-refractivity contribution is 0.0967. The monoisotopic (exact) mass is 326 g/mol. The van der Waals surface area contributed by atoms with Gasteiger partial charge in [-0.15, -0.1) is 22.7 Å². The Kier molecular flexibility index (Phi) is 4.46. The van der Waals surface area contributed by atoms with Gasteiger partial charge in [-0.1, -0.05) is 30.3 Å². The van der Waals surface area contributed by atoms with Crippen LogP contribution in [-0.4, -0.2) is 17.9 Å². The van der Waals surface area contributed by atoms with Gasteiger partial charge in [0.25, 0.3) is 5.91 Å². The standard InChI is InChI=1S/C17H14N2OS2/c1-18-17(20)15-11-19-16(22-15)10-8-13-7-9-14(21-13)12-5-3-2-4-6-12/h2-11H,1H3,(H,18,20)/b10-8+. The van der Waals surface area contributed by atoms with E-state index in [1.54, 1.807) is 24.6 Å². The summed E-state index contributed by atoms with van der Waals surface area (Å²) in [4.78, 5) is 18.8. The number of benzene rings is 1. The summed E-state index contributed by atoms with van der Waals surface area (Å²) in [6.07, 6.45) is 5.58. The molecule has 22 heavy (non-hydrogen) atoms. The zero-order chi connectivity index (χ0) is 15.4. The molecule has 3 nitrogen and oxygen atoms in total. The minimum absolute atomic E-state index is 0.0976. The summed E-state index contributed by atoms with van der Waals surface area (Å²) >= 11 is 3.12. The van der Waals surface area contributed by atoms with Gasteiger partial charge >= 0.3 is 0 Å². The number of nitrogens with zero attached hydrogens (tertiary/aromatic N) is 1. The molecule has 0 bridgehead atoms. The van der Waals surface area contributed by atoms with E-state index < -0.39 is 0 Å². The number of rotatable bonds is 4. The third-order valence-electron chi connectivity index (χ3n) is 3.05. The van der Waals surface area contributed by atoms with E-state index in [9.17, 15) is 4.79 Å².